The van der Waals surface area contributed by atoms with Gasteiger partial charge in [0.2, 0.25) is 11.8 Å². The van der Waals surface area contributed by atoms with Gasteiger partial charge < -0.3 is 10.6 Å². The van der Waals surface area contributed by atoms with Gasteiger partial charge in [0.15, 0.2) is 0 Å². The molecule has 0 aromatic heterocycles. The highest BCUT2D eigenvalue weighted by Gasteiger charge is 2.34. The number of rotatable bonds is 26. The number of nitrogens with zero attached hydrogens (tertiary/aromatic N) is 1. The molecular weight excluding hydrogens is 546 g/mol. The van der Waals surface area contributed by atoms with Gasteiger partial charge in [-0.1, -0.05) is 89.2 Å². The van der Waals surface area contributed by atoms with E-state index < -0.39 is 0 Å². The molecule has 0 atom stereocenters. The van der Waals surface area contributed by atoms with E-state index in [0.717, 1.165) is 95.9 Å². The van der Waals surface area contributed by atoms with E-state index in [1.807, 2.05) is 11.8 Å². The van der Waals surface area contributed by atoms with Crippen LogP contribution in [0.4, 0.5) is 0 Å². The first-order chi connectivity index (χ1) is 20.5. The highest BCUT2D eigenvalue weighted by Crippen LogP contribution is 2.23. The third kappa shape index (κ3) is 15.2. The van der Waals surface area contributed by atoms with Crippen LogP contribution in [0.3, 0.4) is 0 Å². The fraction of sp³-hybridized carbons (Fsp3) is 0.706. The monoisotopic (exact) mass is 601 g/mol. The standard InChI is InChI=1S/C34H55N3O4S/c1-42-28-20-26-36-32(39)24-15-10-6-2-4-8-12-18-25-35-31(38)23-14-11-7-3-5-9-13-19-27-37-33(40)29-21-16-17-22-30(29)34(37)41/h16-17,21-22H,2-15,18-20,23-28H2,1H3,(H,35,38)(H,36,39). The molecule has 2 N–H and O–H groups in total. The van der Waals surface area contributed by atoms with Crippen LogP contribution in [0.5, 0.6) is 0 Å². The smallest absolute Gasteiger partial charge is 0.261 e. The molecule has 0 saturated heterocycles. The summed E-state index contributed by atoms with van der Waals surface area (Å²) in [6.45, 7) is 2.09. The van der Waals surface area contributed by atoms with Gasteiger partial charge in [-0.05, 0) is 56.2 Å². The van der Waals surface area contributed by atoms with Gasteiger partial charge in [-0.2, -0.15) is 11.8 Å². The number of carbonyl (C=O) groups is 4. The minimum atomic E-state index is -0.159. The fourth-order valence-electron chi connectivity index (χ4n) is 5.38. The van der Waals surface area contributed by atoms with Crippen LogP contribution >= 0.6 is 11.8 Å². The summed E-state index contributed by atoms with van der Waals surface area (Å²) >= 11 is 1.82. The Morgan fingerprint density at radius 2 is 1.00 bits per heavy atom. The van der Waals surface area contributed by atoms with E-state index in [1.165, 1.54) is 37.0 Å². The summed E-state index contributed by atoms with van der Waals surface area (Å²) in [7, 11) is 0. The van der Waals surface area contributed by atoms with Crippen molar-refractivity contribution in [3.05, 3.63) is 35.4 Å². The number of nitrogens with one attached hydrogen (secondary N) is 2. The number of fused-ring (bicyclic) bond motifs is 1. The van der Waals surface area contributed by atoms with E-state index in [0.29, 0.717) is 30.5 Å². The number of unbranched alkanes of at least 4 members (excludes halogenated alkanes) is 14. The van der Waals surface area contributed by atoms with Crippen molar-refractivity contribution in [1.82, 2.24) is 15.5 Å². The molecule has 8 heteroatoms. The molecular formula is C34H55N3O4S. The molecule has 1 aromatic carbocycles. The van der Waals surface area contributed by atoms with Crippen LogP contribution < -0.4 is 10.6 Å². The Hall–Kier alpha value is -2.35. The molecule has 236 valence electrons. The summed E-state index contributed by atoms with van der Waals surface area (Å²) < 4.78 is 0. The van der Waals surface area contributed by atoms with Gasteiger partial charge in [0.25, 0.3) is 11.8 Å². The molecule has 42 heavy (non-hydrogen) atoms. The Balaban J connectivity index is 1.28. The van der Waals surface area contributed by atoms with Crippen LogP contribution in [0.15, 0.2) is 24.3 Å². The van der Waals surface area contributed by atoms with Crippen LogP contribution in [0.2, 0.25) is 0 Å². The molecule has 1 aliphatic heterocycles. The maximum absolute atomic E-state index is 12.4. The van der Waals surface area contributed by atoms with Crippen molar-refractivity contribution < 1.29 is 19.2 Å². The third-order valence-corrected chi connectivity index (χ3v) is 8.61. The molecule has 1 aliphatic rings. The van der Waals surface area contributed by atoms with Crippen molar-refractivity contribution in [1.29, 1.82) is 0 Å². The minimum absolute atomic E-state index is 0.159. The van der Waals surface area contributed by atoms with Gasteiger partial charge in [0.05, 0.1) is 11.1 Å². The molecule has 0 spiro atoms. The molecule has 2 rings (SSSR count). The lowest BCUT2D eigenvalue weighted by molar-refractivity contribution is -0.122. The van der Waals surface area contributed by atoms with Gasteiger partial charge in [-0.3, -0.25) is 24.1 Å². The van der Waals surface area contributed by atoms with Crippen LogP contribution in [-0.2, 0) is 9.59 Å². The number of carbonyl (C=O) groups excluding carboxylic acids is 4. The molecule has 4 amide bonds. The highest BCUT2D eigenvalue weighted by atomic mass is 32.2. The Kier molecular flexibility index (Phi) is 19.8. The first-order valence-corrected chi connectivity index (χ1v) is 17.9. The van der Waals surface area contributed by atoms with Crippen molar-refractivity contribution in [2.24, 2.45) is 0 Å². The van der Waals surface area contributed by atoms with E-state index in [9.17, 15) is 19.2 Å². The van der Waals surface area contributed by atoms with Crippen molar-refractivity contribution in [2.45, 2.75) is 122 Å². The van der Waals surface area contributed by atoms with E-state index in [4.69, 9.17) is 0 Å². The second-order valence-corrected chi connectivity index (χ2v) is 12.5. The summed E-state index contributed by atoms with van der Waals surface area (Å²) in [5, 5.41) is 6.06. The van der Waals surface area contributed by atoms with E-state index in [2.05, 4.69) is 16.9 Å². The molecule has 1 aromatic rings. The van der Waals surface area contributed by atoms with Crippen LogP contribution in [0.1, 0.15) is 143 Å². The maximum atomic E-state index is 12.4. The van der Waals surface area contributed by atoms with Gasteiger partial charge in [-0.25, -0.2) is 0 Å². The molecule has 0 unspecified atom stereocenters. The van der Waals surface area contributed by atoms with Gasteiger partial charge in [-0.15, -0.1) is 0 Å². The fourth-order valence-corrected chi connectivity index (χ4v) is 5.81. The van der Waals surface area contributed by atoms with Crippen LogP contribution in [0, 0.1) is 0 Å². The quantitative estimate of drug-likeness (QED) is 0.0859. The van der Waals surface area contributed by atoms with Gasteiger partial charge >= 0.3 is 0 Å². The Bertz CT molecular complexity index is 904. The summed E-state index contributed by atoms with van der Waals surface area (Å²) in [4.78, 5) is 49.9. The van der Waals surface area contributed by atoms with E-state index in [1.54, 1.807) is 24.3 Å². The summed E-state index contributed by atoms with van der Waals surface area (Å²) in [6, 6.07) is 7.06. The maximum Gasteiger partial charge on any atom is 0.261 e. The number of thioether (sulfide) groups is 1. The summed E-state index contributed by atoms with van der Waals surface area (Å²) in [5.41, 5.74) is 1.06. The highest BCUT2D eigenvalue weighted by molar-refractivity contribution is 7.98. The van der Waals surface area contributed by atoms with Crippen molar-refractivity contribution >= 4 is 35.4 Å². The lowest BCUT2D eigenvalue weighted by atomic mass is 10.1. The first kappa shape index (κ1) is 35.8. The Labute approximate surface area is 258 Å². The number of hydrogen-bond acceptors (Lipinski definition) is 5. The SMILES string of the molecule is CSCCCNC(=O)CCCCCCCCCCNC(=O)CCCCCCCCCCN1C(=O)c2ccccc2C1=O. The number of amides is 4. The van der Waals surface area contributed by atoms with Crippen molar-refractivity contribution in [2.75, 3.05) is 31.6 Å². The summed E-state index contributed by atoms with van der Waals surface area (Å²) in [6.07, 6.45) is 22.1. The summed E-state index contributed by atoms with van der Waals surface area (Å²) in [5.74, 6) is 1.16. The Morgan fingerprint density at radius 3 is 1.48 bits per heavy atom. The molecule has 0 fully saturated rings. The average Bonchev–Trinajstić information content (AvgIpc) is 3.23. The largest absolute Gasteiger partial charge is 0.356 e. The zero-order valence-corrected chi connectivity index (χ0v) is 26.9. The number of imide groups is 1. The lowest BCUT2D eigenvalue weighted by Crippen LogP contribution is -2.30. The molecule has 7 nitrogen and oxygen atoms in total. The van der Waals surface area contributed by atoms with Crippen molar-refractivity contribution in [3.8, 4) is 0 Å². The minimum Gasteiger partial charge on any atom is -0.356 e. The molecule has 0 aliphatic carbocycles. The topological polar surface area (TPSA) is 95.6 Å². The predicted molar refractivity (Wildman–Crippen MR) is 174 cm³/mol. The zero-order chi connectivity index (χ0) is 30.3. The van der Waals surface area contributed by atoms with Gasteiger partial charge in [0.1, 0.15) is 0 Å². The number of hydrogen-bond donors (Lipinski definition) is 2. The Morgan fingerprint density at radius 1 is 0.595 bits per heavy atom. The van der Waals surface area contributed by atoms with Crippen molar-refractivity contribution in [3.63, 3.8) is 0 Å². The number of benzene rings is 1. The molecule has 0 saturated carbocycles. The van der Waals surface area contributed by atoms with Crippen LogP contribution in [-0.4, -0.2) is 60.2 Å². The van der Waals surface area contributed by atoms with Crippen LogP contribution in [0.25, 0.3) is 0 Å². The average molecular weight is 602 g/mol. The third-order valence-electron chi connectivity index (χ3n) is 7.91. The first-order valence-electron chi connectivity index (χ1n) is 16.5. The second kappa shape index (κ2) is 23.1. The lowest BCUT2D eigenvalue weighted by Gasteiger charge is -2.13. The molecule has 0 bridgehead atoms. The molecule has 1 heterocycles. The zero-order valence-electron chi connectivity index (χ0n) is 26.1. The predicted octanol–water partition coefficient (Wildman–Crippen LogP) is 7.29. The van der Waals surface area contributed by atoms with E-state index >= 15 is 0 Å². The van der Waals surface area contributed by atoms with E-state index in [-0.39, 0.29) is 23.6 Å². The second-order valence-electron chi connectivity index (χ2n) is 11.5. The normalized spacial score (nSPS) is 12.5. The molecule has 0 radical (unpaired) electrons. The van der Waals surface area contributed by atoms with Gasteiger partial charge in [0, 0.05) is 32.5 Å².